The van der Waals surface area contributed by atoms with Crippen molar-refractivity contribution >= 4 is 11.8 Å². The lowest BCUT2D eigenvalue weighted by Crippen LogP contribution is -2.60. The van der Waals surface area contributed by atoms with Crippen LogP contribution >= 0.6 is 0 Å². The molecule has 2 aliphatic rings. The normalized spacial score (nSPS) is 24.4. The molecule has 2 amide bonds. The largest absolute Gasteiger partial charge is 0.388 e. The van der Waals surface area contributed by atoms with E-state index in [0.717, 1.165) is 25.7 Å². The quantitative estimate of drug-likeness (QED) is 0.764. The van der Waals surface area contributed by atoms with Crippen molar-refractivity contribution in [1.82, 2.24) is 4.90 Å². The van der Waals surface area contributed by atoms with Crippen molar-refractivity contribution < 1.29 is 14.7 Å². The zero-order chi connectivity index (χ0) is 13.8. The van der Waals surface area contributed by atoms with E-state index in [9.17, 15) is 14.7 Å². The van der Waals surface area contributed by atoms with Crippen LogP contribution < -0.4 is 0 Å². The van der Waals surface area contributed by atoms with E-state index in [-0.39, 0.29) is 11.8 Å². The molecular formula is C14H23NO3. The van der Waals surface area contributed by atoms with Gasteiger partial charge in [0.25, 0.3) is 0 Å². The zero-order valence-corrected chi connectivity index (χ0v) is 11.7. The predicted octanol–water partition coefficient (Wildman–Crippen LogP) is 1.86. The SMILES string of the molecule is CC(C)(O)C(C)(C)N1C(=O)CC2(CCCC2)C1=O. The van der Waals surface area contributed by atoms with E-state index in [1.54, 1.807) is 27.7 Å². The molecule has 2 rings (SSSR count). The summed E-state index contributed by atoms with van der Waals surface area (Å²) in [5, 5.41) is 10.2. The van der Waals surface area contributed by atoms with Crippen molar-refractivity contribution in [1.29, 1.82) is 0 Å². The van der Waals surface area contributed by atoms with E-state index in [4.69, 9.17) is 0 Å². The Bertz CT molecular complexity index is 386. The number of hydrogen-bond acceptors (Lipinski definition) is 3. The van der Waals surface area contributed by atoms with Crippen LogP contribution in [0.25, 0.3) is 0 Å². The molecule has 1 aliphatic heterocycles. The second-order valence-corrected chi connectivity index (χ2v) is 6.82. The molecule has 102 valence electrons. The van der Waals surface area contributed by atoms with Crippen molar-refractivity contribution in [2.24, 2.45) is 5.41 Å². The minimum atomic E-state index is -1.11. The smallest absolute Gasteiger partial charge is 0.236 e. The minimum Gasteiger partial charge on any atom is -0.388 e. The number of nitrogens with zero attached hydrogens (tertiary/aromatic N) is 1. The molecule has 0 bridgehead atoms. The lowest BCUT2D eigenvalue weighted by molar-refractivity contribution is -0.158. The Labute approximate surface area is 108 Å². The Morgan fingerprint density at radius 2 is 1.61 bits per heavy atom. The van der Waals surface area contributed by atoms with E-state index in [1.165, 1.54) is 4.90 Å². The fraction of sp³-hybridized carbons (Fsp3) is 0.857. The minimum absolute atomic E-state index is 0.0721. The number of aliphatic hydroxyl groups is 1. The number of hydrogen-bond donors (Lipinski definition) is 1. The summed E-state index contributed by atoms with van der Waals surface area (Å²) >= 11 is 0. The van der Waals surface area contributed by atoms with Gasteiger partial charge in [-0.15, -0.1) is 0 Å². The molecule has 1 N–H and O–H groups in total. The summed E-state index contributed by atoms with van der Waals surface area (Å²) in [6.45, 7) is 6.81. The first-order valence-electron chi connectivity index (χ1n) is 6.72. The van der Waals surface area contributed by atoms with Gasteiger partial charge < -0.3 is 5.11 Å². The molecular weight excluding hydrogens is 230 g/mol. The van der Waals surface area contributed by atoms with Gasteiger partial charge in [-0.1, -0.05) is 12.8 Å². The number of imide groups is 1. The fourth-order valence-electron chi connectivity index (χ4n) is 3.08. The average molecular weight is 253 g/mol. The van der Waals surface area contributed by atoms with Crippen LogP contribution in [0.4, 0.5) is 0 Å². The molecule has 0 unspecified atom stereocenters. The van der Waals surface area contributed by atoms with Crippen LogP contribution in [0.15, 0.2) is 0 Å². The van der Waals surface area contributed by atoms with Crippen LogP contribution in [0, 0.1) is 5.41 Å². The zero-order valence-electron chi connectivity index (χ0n) is 11.7. The Hall–Kier alpha value is -0.900. The van der Waals surface area contributed by atoms with Crippen molar-refractivity contribution in [2.75, 3.05) is 0 Å². The molecule has 1 saturated carbocycles. The van der Waals surface area contributed by atoms with Crippen molar-refractivity contribution in [2.45, 2.75) is 70.9 Å². The molecule has 18 heavy (non-hydrogen) atoms. The monoisotopic (exact) mass is 253 g/mol. The lowest BCUT2D eigenvalue weighted by atomic mass is 9.82. The molecule has 0 aromatic heterocycles. The summed E-state index contributed by atoms with van der Waals surface area (Å²) in [6.07, 6.45) is 4.00. The third-order valence-corrected chi connectivity index (χ3v) is 5.01. The molecule has 0 aromatic carbocycles. The van der Waals surface area contributed by atoms with E-state index in [0.29, 0.717) is 6.42 Å². The highest BCUT2D eigenvalue weighted by molar-refractivity contribution is 6.06. The van der Waals surface area contributed by atoms with E-state index in [1.807, 2.05) is 0 Å². The predicted molar refractivity (Wildman–Crippen MR) is 67.7 cm³/mol. The molecule has 0 radical (unpaired) electrons. The molecule has 1 spiro atoms. The van der Waals surface area contributed by atoms with Gasteiger partial charge in [0.2, 0.25) is 11.8 Å². The maximum atomic E-state index is 12.6. The van der Waals surface area contributed by atoms with Gasteiger partial charge in [0.15, 0.2) is 0 Å². The summed E-state index contributed by atoms with van der Waals surface area (Å²) in [5.41, 5.74) is -2.44. The second kappa shape index (κ2) is 3.80. The number of amides is 2. The average Bonchev–Trinajstić information content (AvgIpc) is 2.73. The van der Waals surface area contributed by atoms with Crippen LogP contribution in [0.1, 0.15) is 59.8 Å². The topological polar surface area (TPSA) is 57.6 Å². The van der Waals surface area contributed by atoms with Crippen LogP contribution in [0.2, 0.25) is 0 Å². The van der Waals surface area contributed by atoms with E-state index in [2.05, 4.69) is 0 Å². The van der Waals surface area contributed by atoms with E-state index < -0.39 is 16.6 Å². The second-order valence-electron chi connectivity index (χ2n) is 6.82. The van der Waals surface area contributed by atoms with Crippen molar-refractivity contribution in [3.63, 3.8) is 0 Å². The summed E-state index contributed by atoms with van der Waals surface area (Å²) in [7, 11) is 0. The number of carbonyl (C=O) groups is 2. The van der Waals surface area contributed by atoms with Crippen molar-refractivity contribution in [3.8, 4) is 0 Å². The first kappa shape index (κ1) is 13.5. The maximum Gasteiger partial charge on any atom is 0.236 e. The molecule has 1 saturated heterocycles. The van der Waals surface area contributed by atoms with Crippen LogP contribution in [-0.2, 0) is 9.59 Å². The number of likely N-dealkylation sites (tertiary alicyclic amines) is 1. The van der Waals surface area contributed by atoms with Gasteiger partial charge in [-0.05, 0) is 40.5 Å². The summed E-state index contributed by atoms with van der Waals surface area (Å²) in [4.78, 5) is 26.2. The molecule has 0 atom stereocenters. The highest BCUT2D eigenvalue weighted by Gasteiger charge is 2.58. The third-order valence-electron chi connectivity index (χ3n) is 5.01. The van der Waals surface area contributed by atoms with Gasteiger partial charge in [0.05, 0.1) is 16.6 Å². The fourth-order valence-corrected chi connectivity index (χ4v) is 3.08. The molecule has 1 heterocycles. The molecule has 4 heteroatoms. The number of carbonyl (C=O) groups excluding carboxylic acids is 2. The Balaban J connectivity index is 2.36. The van der Waals surface area contributed by atoms with Gasteiger partial charge in [0, 0.05) is 6.42 Å². The molecule has 4 nitrogen and oxygen atoms in total. The first-order valence-corrected chi connectivity index (χ1v) is 6.72. The highest BCUT2D eigenvalue weighted by atomic mass is 16.3. The maximum absolute atomic E-state index is 12.6. The van der Waals surface area contributed by atoms with Crippen molar-refractivity contribution in [3.05, 3.63) is 0 Å². The molecule has 2 fully saturated rings. The third kappa shape index (κ3) is 1.69. The van der Waals surface area contributed by atoms with Gasteiger partial charge >= 0.3 is 0 Å². The standard InChI is InChI=1S/C14H23NO3/c1-12(2,13(3,4)18)15-10(16)9-14(11(15)17)7-5-6-8-14/h18H,5-9H2,1-4H3. The molecule has 1 aliphatic carbocycles. The summed E-state index contributed by atoms with van der Waals surface area (Å²) < 4.78 is 0. The highest BCUT2D eigenvalue weighted by Crippen LogP contribution is 2.49. The van der Waals surface area contributed by atoms with Gasteiger partial charge in [-0.3, -0.25) is 14.5 Å². The Kier molecular flexibility index (Phi) is 2.85. The Morgan fingerprint density at radius 3 is 2.06 bits per heavy atom. The summed E-state index contributed by atoms with van der Waals surface area (Å²) in [6, 6.07) is 0. The number of rotatable bonds is 2. The van der Waals surface area contributed by atoms with Gasteiger partial charge in [-0.25, -0.2) is 0 Å². The van der Waals surface area contributed by atoms with Gasteiger partial charge in [-0.2, -0.15) is 0 Å². The lowest BCUT2D eigenvalue weighted by Gasteiger charge is -2.43. The first-order chi connectivity index (χ1) is 8.12. The van der Waals surface area contributed by atoms with Gasteiger partial charge in [0.1, 0.15) is 0 Å². The summed E-state index contributed by atoms with van der Waals surface area (Å²) in [5.74, 6) is -0.203. The van der Waals surface area contributed by atoms with E-state index >= 15 is 0 Å². The molecule has 0 aromatic rings. The Morgan fingerprint density at radius 1 is 1.11 bits per heavy atom. The van der Waals surface area contributed by atoms with Crippen LogP contribution in [0.5, 0.6) is 0 Å². The van der Waals surface area contributed by atoms with Crippen LogP contribution in [-0.4, -0.2) is 33.0 Å². The van der Waals surface area contributed by atoms with Crippen LogP contribution in [0.3, 0.4) is 0 Å².